The molecule has 15 heavy (non-hydrogen) atoms. The van der Waals surface area contributed by atoms with Crippen LogP contribution in [0.15, 0.2) is 54.0 Å². The summed E-state index contributed by atoms with van der Waals surface area (Å²) < 4.78 is 0. The molecule has 0 aliphatic heterocycles. The van der Waals surface area contributed by atoms with Crippen LogP contribution in [-0.2, 0) is 0 Å². The summed E-state index contributed by atoms with van der Waals surface area (Å²) in [6.45, 7) is 0. The number of hydrogen-bond acceptors (Lipinski definition) is 3. The second-order valence-corrected chi connectivity index (χ2v) is 2.87. The van der Waals surface area contributed by atoms with Crippen LogP contribution in [0.2, 0.25) is 0 Å². The molecule has 0 atom stereocenters. The minimum atomic E-state index is 0.817. The van der Waals surface area contributed by atoms with Crippen LogP contribution in [-0.4, -0.2) is 16.3 Å². The van der Waals surface area contributed by atoms with Crippen LogP contribution in [0.5, 0.6) is 0 Å². The lowest BCUT2D eigenvalue weighted by Gasteiger charge is -1.96. The first-order valence-electron chi connectivity index (χ1n) is 4.54. The van der Waals surface area contributed by atoms with Crippen molar-refractivity contribution in [3.05, 3.63) is 49.1 Å². The molecule has 0 aliphatic rings. The van der Waals surface area contributed by atoms with Crippen molar-refractivity contribution in [1.82, 2.24) is 9.97 Å². The van der Waals surface area contributed by atoms with Gasteiger partial charge in [0.1, 0.15) is 6.33 Å². The maximum Gasteiger partial charge on any atom is 0.115 e. The van der Waals surface area contributed by atoms with Crippen molar-refractivity contribution in [2.75, 3.05) is 5.32 Å². The van der Waals surface area contributed by atoms with Crippen molar-refractivity contribution in [2.45, 2.75) is 0 Å². The Hall–Kier alpha value is -2.23. The Balaban J connectivity index is 1.97. The highest BCUT2D eigenvalue weighted by Gasteiger charge is 1.86. The summed E-state index contributed by atoms with van der Waals surface area (Å²) >= 11 is 0. The molecule has 1 aromatic carbocycles. The van der Waals surface area contributed by atoms with Crippen LogP contribution in [0.25, 0.3) is 0 Å². The first-order valence-corrected chi connectivity index (χ1v) is 4.54. The van der Waals surface area contributed by atoms with E-state index in [0.717, 1.165) is 11.4 Å². The molecule has 0 aliphatic carbocycles. The fourth-order valence-corrected chi connectivity index (χ4v) is 1.07. The van der Waals surface area contributed by atoms with E-state index in [0.29, 0.717) is 0 Å². The van der Waals surface area contributed by atoms with E-state index in [4.69, 9.17) is 0 Å². The van der Waals surface area contributed by atoms with Crippen LogP contribution in [0.1, 0.15) is 0 Å². The highest BCUT2D eigenvalue weighted by Crippen LogP contribution is 2.08. The molecule has 0 fully saturated rings. The Morgan fingerprint density at radius 3 is 2.53 bits per heavy atom. The number of aliphatic imine (C=N–C) groups is 1. The van der Waals surface area contributed by atoms with E-state index in [9.17, 15) is 0 Å². The molecule has 0 saturated carbocycles. The molecule has 4 nitrogen and oxygen atoms in total. The monoisotopic (exact) mass is 198 g/mol. The van der Waals surface area contributed by atoms with Gasteiger partial charge in [-0.2, -0.15) is 0 Å². The molecule has 2 rings (SSSR count). The zero-order valence-corrected chi connectivity index (χ0v) is 8.04. The fraction of sp³-hybridized carbons (Fsp3) is 0. The number of nitrogens with zero attached hydrogens (tertiary/aromatic N) is 3. The van der Waals surface area contributed by atoms with Gasteiger partial charge in [-0.05, 0) is 12.1 Å². The average molecular weight is 198 g/mol. The van der Waals surface area contributed by atoms with Gasteiger partial charge in [-0.25, -0.2) is 15.0 Å². The van der Waals surface area contributed by atoms with Crippen molar-refractivity contribution in [3.8, 4) is 0 Å². The van der Waals surface area contributed by atoms with Crippen LogP contribution < -0.4 is 5.32 Å². The summed E-state index contributed by atoms with van der Waals surface area (Å²) in [6, 6.07) is 9.70. The highest BCUT2D eigenvalue weighted by atomic mass is 15.0. The number of hydrogen-bond donors (Lipinski definition) is 1. The number of para-hydroxylation sites is 1. The summed E-state index contributed by atoms with van der Waals surface area (Å²) in [5, 5.41) is 2.98. The second-order valence-electron chi connectivity index (χ2n) is 2.87. The molecule has 0 saturated heterocycles. The quantitative estimate of drug-likeness (QED) is 0.607. The van der Waals surface area contributed by atoms with Crippen molar-refractivity contribution in [1.29, 1.82) is 0 Å². The maximum absolute atomic E-state index is 4.21. The summed E-state index contributed by atoms with van der Waals surface area (Å²) in [5.41, 5.74) is 1.72. The number of aromatic nitrogens is 2. The number of anilines is 1. The molecule has 74 valence electrons. The zero-order chi connectivity index (χ0) is 10.3. The Morgan fingerprint density at radius 1 is 1.07 bits per heavy atom. The molecule has 0 radical (unpaired) electrons. The lowest BCUT2D eigenvalue weighted by atomic mass is 10.3. The van der Waals surface area contributed by atoms with Gasteiger partial charge in [0, 0.05) is 0 Å². The van der Waals surface area contributed by atoms with Crippen molar-refractivity contribution >= 4 is 17.7 Å². The Bertz CT molecular complexity index is 425. The van der Waals surface area contributed by atoms with Gasteiger partial charge in [0.25, 0.3) is 0 Å². The van der Waals surface area contributed by atoms with Gasteiger partial charge < -0.3 is 5.32 Å². The van der Waals surface area contributed by atoms with Crippen molar-refractivity contribution < 1.29 is 0 Å². The molecule has 0 spiro atoms. The van der Waals surface area contributed by atoms with E-state index in [2.05, 4.69) is 20.3 Å². The molecule has 0 amide bonds. The molecule has 2 aromatic rings. The minimum absolute atomic E-state index is 0.817. The molecule has 1 N–H and O–H groups in total. The van der Waals surface area contributed by atoms with Crippen LogP contribution in [0.3, 0.4) is 0 Å². The second kappa shape index (κ2) is 4.85. The molecule has 1 aromatic heterocycles. The topological polar surface area (TPSA) is 50.2 Å². The van der Waals surface area contributed by atoms with Crippen molar-refractivity contribution in [3.63, 3.8) is 0 Å². The first kappa shape index (κ1) is 9.33. The predicted octanol–water partition coefficient (Wildman–Crippen LogP) is 2.25. The van der Waals surface area contributed by atoms with Crippen molar-refractivity contribution in [2.24, 2.45) is 4.99 Å². The van der Waals surface area contributed by atoms with E-state index >= 15 is 0 Å². The van der Waals surface area contributed by atoms with Gasteiger partial charge in [0.05, 0.1) is 30.1 Å². The average Bonchev–Trinajstić information content (AvgIpc) is 2.32. The van der Waals surface area contributed by atoms with Gasteiger partial charge in [0.15, 0.2) is 0 Å². The third kappa shape index (κ3) is 2.87. The predicted molar refractivity (Wildman–Crippen MR) is 60.2 cm³/mol. The smallest absolute Gasteiger partial charge is 0.115 e. The Morgan fingerprint density at radius 2 is 1.80 bits per heavy atom. The van der Waals surface area contributed by atoms with E-state index in [1.54, 1.807) is 18.7 Å². The van der Waals surface area contributed by atoms with Crippen LogP contribution in [0, 0.1) is 0 Å². The summed E-state index contributed by atoms with van der Waals surface area (Å²) in [6.07, 6.45) is 6.47. The third-order valence-electron chi connectivity index (χ3n) is 1.76. The zero-order valence-electron chi connectivity index (χ0n) is 8.04. The summed E-state index contributed by atoms with van der Waals surface area (Å²) in [5.74, 6) is 0. The number of rotatable bonds is 3. The third-order valence-corrected chi connectivity index (χ3v) is 1.76. The van der Waals surface area contributed by atoms with E-state index in [-0.39, 0.29) is 0 Å². The van der Waals surface area contributed by atoms with Gasteiger partial charge in [0.2, 0.25) is 0 Å². The Labute approximate surface area is 87.7 Å². The molecule has 0 unspecified atom stereocenters. The van der Waals surface area contributed by atoms with Gasteiger partial charge >= 0.3 is 0 Å². The molecule has 4 heteroatoms. The highest BCUT2D eigenvalue weighted by molar-refractivity contribution is 5.77. The van der Waals surface area contributed by atoms with Crippen LogP contribution in [0.4, 0.5) is 11.4 Å². The van der Waals surface area contributed by atoms with Gasteiger partial charge in [-0.3, -0.25) is 0 Å². The molecule has 1 heterocycles. The lowest BCUT2D eigenvalue weighted by Crippen LogP contribution is -1.94. The fourth-order valence-electron chi connectivity index (χ4n) is 1.07. The van der Waals surface area contributed by atoms with E-state index < -0.39 is 0 Å². The van der Waals surface area contributed by atoms with Gasteiger partial charge in [-0.15, -0.1) is 0 Å². The van der Waals surface area contributed by atoms with Gasteiger partial charge in [-0.1, -0.05) is 18.2 Å². The number of benzene rings is 1. The molecular formula is C11H10N4. The van der Waals surface area contributed by atoms with E-state index in [1.165, 1.54) is 6.33 Å². The van der Waals surface area contributed by atoms with Crippen LogP contribution >= 0.6 is 0 Å². The summed E-state index contributed by atoms with van der Waals surface area (Å²) in [4.78, 5) is 12.0. The molecule has 0 bridgehead atoms. The standard InChI is InChI=1S/C11H10N4/c1-2-4-10(5-3-1)14-9-15-11-6-12-8-13-7-11/h1-9H,(H,14,15). The Kier molecular flexibility index (Phi) is 3.02. The first-order chi connectivity index (χ1) is 7.45. The minimum Gasteiger partial charge on any atom is -0.344 e. The molecular weight excluding hydrogens is 188 g/mol. The van der Waals surface area contributed by atoms with E-state index in [1.807, 2.05) is 30.3 Å². The SMILES string of the molecule is C(=Nc1ccccc1)Nc1cncnc1. The maximum atomic E-state index is 4.21. The lowest BCUT2D eigenvalue weighted by molar-refractivity contribution is 1.17. The normalized spacial score (nSPS) is 10.4. The summed E-state index contributed by atoms with van der Waals surface area (Å²) in [7, 11) is 0. The largest absolute Gasteiger partial charge is 0.344 e. The number of nitrogens with one attached hydrogen (secondary N) is 1.